The van der Waals surface area contributed by atoms with Crippen LogP contribution in [0.15, 0.2) is 18.2 Å². The average molecular weight is 310 g/mol. The van der Waals surface area contributed by atoms with Crippen molar-refractivity contribution in [3.05, 3.63) is 18.2 Å². The summed E-state index contributed by atoms with van der Waals surface area (Å²) in [4.78, 5) is 23.7. The van der Waals surface area contributed by atoms with Crippen LogP contribution in [-0.2, 0) is 9.53 Å². The summed E-state index contributed by atoms with van der Waals surface area (Å²) >= 11 is 0. The van der Waals surface area contributed by atoms with Crippen molar-refractivity contribution in [3.63, 3.8) is 0 Å². The van der Waals surface area contributed by atoms with Gasteiger partial charge in [-0.15, -0.1) is 0 Å². The molecule has 0 aliphatic carbocycles. The molecule has 0 spiro atoms. The van der Waals surface area contributed by atoms with E-state index in [0.717, 1.165) is 0 Å². The molecular formula is C15H22N2O5. The summed E-state index contributed by atoms with van der Waals surface area (Å²) in [5.74, 6) is 0.467. The number of ether oxygens (including phenoxy) is 3. The van der Waals surface area contributed by atoms with Gasteiger partial charge in [-0.1, -0.05) is 13.8 Å². The zero-order valence-corrected chi connectivity index (χ0v) is 13.4. The molecule has 1 atom stereocenters. The van der Waals surface area contributed by atoms with Crippen molar-refractivity contribution in [1.82, 2.24) is 5.32 Å². The number of benzene rings is 1. The van der Waals surface area contributed by atoms with Crippen LogP contribution in [-0.4, -0.2) is 39.4 Å². The minimum absolute atomic E-state index is 0.101. The van der Waals surface area contributed by atoms with E-state index in [2.05, 4.69) is 15.4 Å². The Hall–Kier alpha value is -2.44. The second-order valence-electron chi connectivity index (χ2n) is 4.91. The van der Waals surface area contributed by atoms with Gasteiger partial charge in [-0.3, -0.25) is 0 Å². The molecule has 0 aliphatic heterocycles. The summed E-state index contributed by atoms with van der Waals surface area (Å²) in [5.41, 5.74) is 0.466. The van der Waals surface area contributed by atoms with Crippen LogP contribution in [0.1, 0.15) is 13.8 Å². The Morgan fingerprint density at radius 3 is 2.27 bits per heavy atom. The van der Waals surface area contributed by atoms with Crippen molar-refractivity contribution < 1.29 is 23.8 Å². The molecule has 2 amide bonds. The van der Waals surface area contributed by atoms with E-state index in [9.17, 15) is 9.59 Å². The fraction of sp³-hybridized carbons (Fsp3) is 0.467. The van der Waals surface area contributed by atoms with Crippen molar-refractivity contribution >= 4 is 17.7 Å². The molecule has 7 nitrogen and oxygen atoms in total. The molecule has 7 heteroatoms. The third-order valence-corrected chi connectivity index (χ3v) is 3.07. The SMILES string of the molecule is COC(=O)[C@@H](NC(=O)Nc1ccc(OC)cc1OC)C(C)C. The number of amides is 2. The molecule has 0 unspecified atom stereocenters. The lowest BCUT2D eigenvalue weighted by Gasteiger charge is -2.20. The molecule has 0 radical (unpaired) electrons. The second kappa shape index (κ2) is 8.11. The molecule has 22 heavy (non-hydrogen) atoms. The smallest absolute Gasteiger partial charge is 0.328 e. The molecule has 1 rings (SSSR count). The van der Waals surface area contributed by atoms with Gasteiger partial charge >= 0.3 is 12.0 Å². The number of carbonyl (C=O) groups is 2. The Labute approximate surface area is 129 Å². The molecular weight excluding hydrogens is 288 g/mol. The van der Waals surface area contributed by atoms with Gasteiger partial charge in [0.15, 0.2) is 0 Å². The molecule has 0 saturated heterocycles. The molecule has 1 aromatic rings. The van der Waals surface area contributed by atoms with Gasteiger partial charge in [0.2, 0.25) is 0 Å². The summed E-state index contributed by atoms with van der Waals surface area (Å²) in [7, 11) is 4.31. The van der Waals surface area contributed by atoms with Gasteiger partial charge in [0.05, 0.1) is 27.0 Å². The first-order chi connectivity index (χ1) is 10.4. The van der Waals surface area contributed by atoms with E-state index >= 15 is 0 Å². The summed E-state index contributed by atoms with van der Waals surface area (Å²) in [6.07, 6.45) is 0. The standard InChI is InChI=1S/C15H22N2O5/c1-9(2)13(14(18)22-5)17-15(19)16-11-7-6-10(20-3)8-12(11)21-4/h6-9,13H,1-5H3,(H2,16,17,19)/t13-/m0/s1. The monoisotopic (exact) mass is 310 g/mol. The fourth-order valence-corrected chi connectivity index (χ4v) is 1.83. The number of nitrogens with one attached hydrogen (secondary N) is 2. The van der Waals surface area contributed by atoms with E-state index in [0.29, 0.717) is 17.2 Å². The van der Waals surface area contributed by atoms with Gasteiger partial charge < -0.3 is 24.8 Å². The topological polar surface area (TPSA) is 85.9 Å². The molecule has 0 fully saturated rings. The highest BCUT2D eigenvalue weighted by Crippen LogP contribution is 2.28. The van der Waals surface area contributed by atoms with Gasteiger partial charge in [0.1, 0.15) is 17.5 Å². The number of carbonyl (C=O) groups excluding carboxylic acids is 2. The Balaban J connectivity index is 2.82. The van der Waals surface area contributed by atoms with E-state index in [4.69, 9.17) is 9.47 Å². The number of esters is 1. The van der Waals surface area contributed by atoms with Crippen molar-refractivity contribution in [2.45, 2.75) is 19.9 Å². The molecule has 0 heterocycles. The number of hydrogen-bond acceptors (Lipinski definition) is 5. The first-order valence-electron chi connectivity index (χ1n) is 6.80. The Morgan fingerprint density at radius 1 is 1.09 bits per heavy atom. The van der Waals surface area contributed by atoms with Gasteiger partial charge in [0, 0.05) is 6.07 Å². The van der Waals surface area contributed by atoms with E-state index in [1.807, 2.05) is 13.8 Å². The van der Waals surface area contributed by atoms with E-state index in [1.54, 1.807) is 18.2 Å². The quantitative estimate of drug-likeness (QED) is 0.785. The highest BCUT2D eigenvalue weighted by atomic mass is 16.5. The van der Waals surface area contributed by atoms with Crippen molar-refractivity contribution in [1.29, 1.82) is 0 Å². The van der Waals surface area contributed by atoms with Crippen LogP contribution in [0.2, 0.25) is 0 Å². The largest absolute Gasteiger partial charge is 0.497 e. The van der Waals surface area contributed by atoms with Crippen molar-refractivity contribution in [3.8, 4) is 11.5 Å². The molecule has 0 bridgehead atoms. The Morgan fingerprint density at radius 2 is 1.77 bits per heavy atom. The number of anilines is 1. The summed E-state index contributed by atoms with van der Waals surface area (Å²) in [6.45, 7) is 3.63. The molecule has 0 aliphatic rings. The predicted octanol–water partition coefficient (Wildman–Crippen LogP) is 2.02. The lowest BCUT2D eigenvalue weighted by Crippen LogP contribution is -2.46. The minimum Gasteiger partial charge on any atom is -0.497 e. The first kappa shape index (κ1) is 17.6. The molecule has 0 saturated carbocycles. The number of methoxy groups -OCH3 is 3. The lowest BCUT2D eigenvalue weighted by atomic mass is 10.1. The maximum atomic E-state index is 12.1. The van der Waals surface area contributed by atoms with Crippen LogP contribution in [0, 0.1) is 5.92 Å². The van der Waals surface area contributed by atoms with Gasteiger partial charge in [-0.2, -0.15) is 0 Å². The average Bonchev–Trinajstić information content (AvgIpc) is 2.51. The zero-order chi connectivity index (χ0) is 16.7. The highest BCUT2D eigenvalue weighted by molar-refractivity contribution is 5.94. The Bertz CT molecular complexity index is 531. The lowest BCUT2D eigenvalue weighted by molar-refractivity contribution is -0.143. The van der Waals surface area contributed by atoms with Crippen LogP contribution in [0.3, 0.4) is 0 Å². The van der Waals surface area contributed by atoms with E-state index < -0.39 is 18.0 Å². The van der Waals surface area contributed by atoms with Gasteiger partial charge in [-0.05, 0) is 18.1 Å². The van der Waals surface area contributed by atoms with Crippen LogP contribution >= 0.6 is 0 Å². The van der Waals surface area contributed by atoms with Gasteiger partial charge in [-0.25, -0.2) is 9.59 Å². The third-order valence-electron chi connectivity index (χ3n) is 3.07. The first-order valence-corrected chi connectivity index (χ1v) is 6.80. The van der Waals surface area contributed by atoms with Crippen LogP contribution in [0.25, 0.3) is 0 Å². The van der Waals surface area contributed by atoms with Crippen LogP contribution in [0.5, 0.6) is 11.5 Å². The minimum atomic E-state index is -0.728. The van der Waals surface area contributed by atoms with Crippen molar-refractivity contribution in [2.24, 2.45) is 5.92 Å². The fourth-order valence-electron chi connectivity index (χ4n) is 1.83. The third kappa shape index (κ3) is 4.54. The van der Waals surface area contributed by atoms with Crippen molar-refractivity contribution in [2.75, 3.05) is 26.6 Å². The maximum absolute atomic E-state index is 12.1. The summed E-state index contributed by atoms with van der Waals surface area (Å²) in [6, 6.07) is 3.75. The second-order valence-corrected chi connectivity index (χ2v) is 4.91. The number of hydrogen-bond donors (Lipinski definition) is 2. The summed E-state index contributed by atoms with van der Waals surface area (Å²) in [5, 5.41) is 5.22. The molecule has 1 aromatic carbocycles. The summed E-state index contributed by atoms with van der Waals surface area (Å²) < 4.78 is 15.0. The van der Waals surface area contributed by atoms with E-state index in [1.165, 1.54) is 21.3 Å². The Kier molecular flexibility index (Phi) is 6.49. The zero-order valence-electron chi connectivity index (χ0n) is 13.4. The number of urea groups is 1. The molecule has 2 N–H and O–H groups in total. The van der Waals surface area contributed by atoms with E-state index in [-0.39, 0.29) is 5.92 Å². The highest BCUT2D eigenvalue weighted by Gasteiger charge is 2.25. The molecule has 0 aromatic heterocycles. The predicted molar refractivity (Wildman–Crippen MR) is 82.3 cm³/mol. The molecule has 122 valence electrons. The normalized spacial score (nSPS) is 11.5. The van der Waals surface area contributed by atoms with Crippen LogP contribution in [0.4, 0.5) is 10.5 Å². The van der Waals surface area contributed by atoms with Gasteiger partial charge in [0.25, 0.3) is 0 Å². The number of rotatable bonds is 6. The maximum Gasteiger partial charge on any atom is 0.328 e. The van der Waals surface area contributed by atoms with Crippen LogP contribution < -0.4 is 20.1 Å².